The summed E-state index contributed by atoms with van der Waals surface area (Å²) < 4.78 is 21.0. The number of carbonyl (C=O) groups is 2. The molecule has 2 aromatic heterocycles. The van der Waals surface area contributed by atoms with E-state index < -0.39 is 5.91 Å². The van der Waals surface area contributed by atoms with Crippen molar-refractivity contribution in [3.8, 4) is 11.4 Å². The number of rotatable bonds is 11. The summed E-state index contributed by atoms with van der Waals surface area (Å²) in [5.74, 6) is -0.289. The van der Waals surface area contributed by atoms with Crippen LogP contribution < -0.4 is 10.1 Å². The molecule has 0 radical (unpaired) electrons. The second-order valence-corrected chi connectivity index (χ2v) is 8.99. The number of ether oxygens (including phenoxy) is 1. The van der Waals surface area contributed by atoms with Gasteiger partial charge >= 0.3 is 0 Å². The second kappa shape index (κ2) is 11.8. The van der Waals surface area contributed by atoms with E-state index in [1.54, 1.807) is 23.2 Å². The first-order valence-electron chi connectivity index (χ1n) is 10.5. The first-order chi connectivity index (χ1) is 15.9. The monoisotopic (exact) mass is 492 g/mol. The average molecular weight is 493 g/mol. The number of nitrogens with zero attached hydrogens (tertiary/aromatic N) is 5. The Bertz CT molecular complexity index is 1080. The number of halogens is 1. The van der Waals surface area contributed by atoms with Crippen LogP contribution in [0.2, 0.25) is 0 Å². The number of aromatic nitrogens is 4. The SMILES string of the molecule is CCCOc1cn(-c2ccc(F)cc2)nc1C(=O)Nc1nnc(SCC(=O)N(CC)CC)s1. The smallest absolute Gasteiger partial charge is 0.281 e. The summed E-state index contributed by atoms with van der Waals surface area (Å²) in [5, 5.41) is 15.3. The van der Waals surface area contributed by atoms with E-state index >= 15 is 0 Å². The summed E-state index contributed by atoms with van der Waals surface area (Å²) in [7, 11) is 0. The highest BCUT2D eigenvalue weighted by Gasteiger charge is 2.21. The summed E-state index contributed by atoms with van der Waals surface area (Å²) in [5.41, 5.74) is 0.665. The summed E-state index contributed by atoms with van der Waals surface area (Å²) in [6, 6.07) is 5.74. The molecule has 176 valence electrons. The van der Waals surface area contributed by atoms with Crippen molar-refractivity contribution in [3.05, 3.63) is 42.0 Å². The van der Waals surface area contributed by atoms with E-state index in [4.69, 9.17) is 4.74 Å². The van der Waals surface area contributed by atoms with Crippen LogP contribution in [0.25, 0.3) is 5.69 Å². The molecule has 0 saturated carbocycles. The Balaban J connectivity index is 1.70. The maximum atomic E-state index is 13.2. The highest BCUT2D eigenvalue weighted by Crippen LogP contribution is 2.27. The van der Waals surface area contributed by atoms with E-state index in [1.807, 2.05) is 20.8 Å². The van der Waals surface area contributed by atoms with Crippen LogP contribution in [0.15, 0.2) is 34.8 Å². The number of carbonyl (C=O) groups excluding carboxylic acids is 2. The lowest BCUT2D eigenvalue weighted by atomic mass is 10.3. The summed E-state index contributed by atoms with van der Waals surface area (Å²) >= 11 is 2.45. The summed E-state index contributed by atoms with van der Waals surface area (Å²) in [6.07, 6.45) is 2.34. The Kier molecular flexibility index (Phi) is 8.78. The van der Waals surface area contributed by atoms with E-state index in [1.165, 1.54) is 39.9 Å². The average Bonchev–Trinajstić information content (AvgIpc) is 3.44. The van der Waals surface area contributed by atoms with E-state index in [0.717, 1.165) is 6.42 Å². The summed E-state index contributed by atoms with van der Waals surface area (Å²) in [6.45, 7) is 7.53. The first-order valence-corrected chi connectivity index (χ1v) is 12.3. The molecule has 2 heterocycles. The number of nitrogens with one attached hydrogen (secondary N) is 1. The van der Waals surface area contributed by atoms with Crippen molar-refractivity contribution in [2.75, 3.05) is 30.8 Å². The van der Waals surface area contributed by atoms with Gasteiger partial charge in [0.2, 0.25) is 11.0 Å². The van der Waals surface area contributed by atoms with Gasteiger partial charge in [-0.15, -0.1) is 10.2 Å². The molecule has 0 aliphatic heterocycles. The zero-order valence-corrected chi connectivity index (χ0v) is 20.2. The number of hydrogen-bond acceptors (Lipinski definition) is 8. The Hall–Kier alpha value is -2.99. The van der Waals surface area contributed by atoms with Gasteiger partial charge in [-0.3, -0.25) is 14.9 Å². The molecule has 3 aromatic rings. The standard InChI is InChI=1S/C21H25FN6O3S2/c1-4-11-31-16-12-28(15-9-7-14(22)8-10-15)26-18(16)19(30)23-20-24-25-21(33-20)32-13-17(29)27(5-2)6-3/h7-10,12H,4-6,11,13H2,1-3H3,(H,23,24,30). The van der Waals surface area contributed by atoms with Crippen LogP contribution in [0, 0.1) is 5.82 Å². The molecule has 0 atom stereocenters. The zero-order valence-electron chi connectivity index (χ0n) is 18.6. The van der Waals surface area contributed by atoms with Gasteiger partial charge in [-0.25, -0.2) is 9.07 Å². The quantitative estimate of drug-likeness (QED) is 0.320. The van der Waals surface area contributed by atoms with Crippen LogP contribution in [-0.4, -0.2) is 62.1 Å². The van der Waals surface area contributed by atoms with E-state index in [0.29, 0.717) is 35.5 Å². The maximum absolute atomic E-state index is 13.2. The molecule has 0 aliphatic rings. The maximum Gasteiger partial charge on any atom is 0.281 e. The van der Waals surface area contributed by atoms with Crippen molar-refractivity contribution in [3.63, 3.8) is 0 Å². The highest BCUT2D eigenvalue weighted by molar-refractivity contribution is 8.01. The minimum absolute atomic E-state index is 0.0230. The Morgan fingerprint density at radius 1 is 1.18 bits per heavy atom. The number of anilines is 1. The van der Waals surface area contributed by atoms with E-state index in [9.17, 15) is 14.0 Å². The summed E-state index contributed by atoms with van der Waals surface area (Å²) in [4.78, 5) is 26.8. The molecule has 9 nitrogen and oxygen atoms in total. The third kappa shape index (κ3) is 6.51. The normalized spacial score (nSPS) is 10.8. The molecular weight excluding hydrogens is 467 g/mol. The van der Waals surface area contributed by atoms with Gasteiger partial charge in [0.1, 0.15) is 5.82 Å². The molecular formula is C21H25FN6O3S2. The van der Waals surface area contributed by atoms with Crippen molar-refractivity contribution < 1.29 is 18.7 Å². The molecule has 0 fully saturated rings. The van der Waals surface area contributed by atoms with Gasteiger partial charge in [0, 0.05) is 13.1 Å². The molecule has 1 N–H and O–H groups in total. The first kappa shape index (κ1) is 24.6. The van der Waals surface area contributed by atoms with Crippen LogP contribution in [0.1, 0.15) is 37.7 Å². The molecule has 0 aliphatic carbocycles. The van der Waals surface area contributed by atoms with Gasteiger partial charge in [0.05, 0.1) is 24.2 Å². The molecule has 12 heteroatoms. The van der Waals surface area contributed by atoms with Gasteiger partial charge in [-0.2, -0.15) is 5.10 Å². The van der Waals surface area contributed by atoms with Crippen molar-refractivity contribution >= 4 is 40.0 Å². The largest absolute Gasteiger partial charge is 0.489 e. The number of amides is 2. The van der Waals surface area contributed by atoms with Gasteiger partial charge in [-0.1, -0.05) is 30.0 Å². The van der Waals surface area contributed by atoms with E-state index in [2.05, 4.69) is 20.6 Å². The lowest BCUT2D eigenvalue weighted by Gasteiger charge is -2.17. The minimum atomic E-state index is -0.506. The van der Waals surface area contributed by atoms with Crippen molar-refractivity contribution in [1.82, 2.24) is 24.9 Å². The predicted molar refractivity (Wildman–Crippen MR) is 126 cm³/mol. The van der Waals surface area contributed by atoms with Crippen LogP contribution in [0.4, 0.5) is 9.52 Å². The number of hydrogen-bond donors (Lipinski definition) is 1. The molecule has 0 unspecified atom stereocenters. The Morgan fingerprint density at radius 3 is 2.58 bits per heavy atom. The zero-order chi connectivity index (χ0) is 23.8. The molecule has 2 amide bonds. The Morgan fingerprint density at radius 2 is 1.91 bits per heavy atom. The topological polar surface area (TPSA) is 102 Å². The van der Waals surface area contributed by atoms with Crippen molar-refractivity contribution in [1.29, 1.82) is 0 Å². The fourth-order valence-corrected chi connectivity index (χ4v) is 4.47. The molecule has 0 saturated heterocycles. The molecule has 1 aromatic carbocycles. The van der Waals surface area contributed by atoms with Crippen molar-refractivity contribution in [2.45, 2.75) is 31.5 Å². The third-order valence-electron chi connectivity index (χ3n) is 4.51. The minimum Gasteiger partial charge on any atom is -0.489 e. The van der Waals surface area contributed by atoms with Crippen LogP contribution in [0.3, 0.4) is 0 Å². The van der Waals surface area contributed by atoms with Crippen LogP contribution >= 0.6 is 23.1 Å². The van der Waals surface area contributed by atoms with Crippen LogP contribution in [-0.2, 0) is 4.79 Å². The van der Waals surface area contributed by atoms with Crippen molar-refractivity contribution in [2.24, 2.45) is 0 Å². The van der Waals surface area contributed by atoms with Gasteiger partial charge in [-0.05, 0) is 44.5 Å². The molecule has 3 rings (SSSR count). The lowest BCUT2D eigenvalue weighted by molar-refractivity contribution is -0.127. The Labute approximate surface area is 199 Å². The molecule has 0 spiro atoms. The fourth-order valence-electron chi connectivity index (χ4n) is 2.83. The lowest BCUT2D eigenvalue weighted by Crippen LogP contribution is -2.31. The molecule has 33 heavy (non-hydrogen) atoms. The number of thioether (sulfide) groups is 1. The fraction of sp³-hybridized carbons (Fsp3) is 0.381. The highest BCUT2D eigenvalue weighted by atomic mass is 32.2. The van der Waals surface area contributed by atoms with E-state index in [-0.39, 0.29) is 28.3 Å². The molecule has 0 bridgehead atoms. The van der Waals surface area contributed by atoms with Gasteiger partial charge in [0.25, 0.3) is 5.91 Å². The third-order valence-corrected chi connectivity index (χ3v) is 6.47. The second-order valence-electron chi connectivity index (χ2n) is 6.79. The van der Waals surface area contributed by atoms with Gasteiger partial charge in [0.15, 0.2) is 15.8 Å². The van der Waals surface area contributed by atoms with Crippen LogP contribution in [0.5, 0.6) is 5.75 Å². The van der Waals surface area contributed by atoms with Gasteiger partial charge < -0.3 is 9.64 Å². The number of benzene rings is 1. The predicted octanol–water partition coefficient (Wildman–Crippen LogP) is 3.86.